The Hall–Kier alpha value is -2.09. The molecule has 1 saturated heterocycles. The zero-order valence-corrected chi connectivity index (χ0v) is 15.7. The van der Waals surface area contributed by atoms with Crippen molar-refractivity contribution in [2.45, 2.75) is 19.4 Å². The largest absolute Gasteiger partial charge is 0.477 e. The molecule has 0 atom stereocenters. The number of aliphatic hydroxyl groups excluding tert-OH is 1. The molecule has 0 saturated carbocycles. The predicted octanol–water partition coefficient (Wildman–Crippen LogP) is 1.41. The number of halogens is 1. The number of hydrogen-bond acceptors (Lipinski definition) is 5. The van der Waals surface area contributed by atoms with E-state index in [0.717, 1.165) is 55.8 Å². The fourth-order valence-electron chi connectivity index (χ4n) is 4.28. The van der Waals surface area contributed by atoms with Crippen LogP contribution in [-0.4, -0.2) is 65.0 Å². The van der Waals surface area contributed by atoms with Crippen LogP contribution in [0.4, 0.5) is 5.69 Å². The summed E-state index contributed by atoms with van der Waals surface area (Å²) in [5.74, 6) is -1.21. The van der Waals surface area contributed by atoms with E-state index in [1.165, 1.54) is 6.20 Å². The molecule has 27 heavy (non-hydrogen) atoms. The lowest BCUT2D eigenvalue weighted by Crippen LogP contribution is -2.47. The summed E-state index contributed by atoms with van der Waals surface area (Å²) in [7, 11) is 0. The molecule has 2 N–H and O–H groups in total. The van der Waals surface area contributed by atoms with Gasteiger partial charge in [-0.15, -0.1) is 0 Å². The Morgan fingerprint density at radius 3 is 2.59 bits per heavy atom. The van der Waals surface area contributed by atoms with Gasteiger partial charge in [0.05, 0.1) is 22.8 Å². The SMILES string of the molecule is O=C(O)c1cn2c3c(c(N4CCN(CCO)CC4)c(Cl)cc3c1=O)CCC2. The van der Waals surface area contributed by atoms with Crippen molar-refractivity contribution in [2.75, 3.05) is 44.2 Å². The van der Waals surface area contributed by atoms with Crippen molar-refractivity contribution >= 4 is 34.2 Å². The smallest absolute Gasteiger partial charge is 0.341 e. The minimum absolute atomic E-state index is 0.153. The second-order valence-electron chi connectivity index (χ2n) is 7.11. The van der Waals surface area contributed by atoms with Gasteiger partial charge in [-0.05, 0) is 18.9 Å². The van der Waals surface area contributed by atoms with Crippen molar-refractivity contribution in [3.63, 3.8) is 0 Å². The molecule has 0 aliphatic carbocycles. The summed E-state index contributed by atoms with van der Waals surface area (Å²) >= 11 is 6.61. The molecule has 1 aromatic carbocycles. The van der Waals surface area contributed by atoms with Crippen LogP contribution in [0.1, 0.15) is 22.3 Å². The van der Waals surface area contributed by atoms with Gasteiger partial charge in [0.15, 0.2) is 0 Å². The molecule has 3 heterocycles. The third-order valence-electron chi connectivity index (χ3n) is 5.55. The van der Waals surface area contributed by atoms with E-state index in [2.05, 4.69) is 9.80 Å². The van der Waals surface area contributed by atoms with Crippen molar-refractivity contribution in [1.82, 2.24) is 9.47 Å². The van der Waals surface area contributed by atoms with E-state index in [0.29, 0.717) is 23.5 Å². The molecule has 4 rings (SSSR count). The van der Waals surface area contributed by atoms with Gasteiger partial charge in [0.2, 0.25) is 5.43 Å². The molecule has 0 unspecified atom stereocenters. The van der Waals surface area contributed by atoms with Crippen LogP contribution in [0.25, 0.3) is 10.9 Å². The minimum Gasteiger partial charge on any atom is -0.477 e. The molecule has 2 aliphatic heterocycles. The number of carboxylic acid groups (broad SMARTS) is 1. The van der Waals surface area contributed by atoms with E-state index >= 15 is 0 Å². The molecule has 0 radical (unpaired) electrons. The predicted molar refractivity (Wildman–Crippen MR) is 104 cm³/mol. The minimum atomic E-state index is -1.21. The maximum Gasteiger partial charge on any atom is 0.341 e. The third kappa shape index (κ3) is 3.09. The second kappa shape index (κ2) is 7.14. The van der Waals surface area contributed by atoms with E-state index in [-0.39, 0.29) is 12.2 Å². The van der Waals surface area contributed by atoms with Crippen molar-refractivity contribution in [2.24, 2.45) is 0 Å². The van der Waals surface area contributed by atoms with E-state index in [1.54, 1.807) is 6.07 Å². The van der Waals surface area contributed by atoms with Gasteiger partial charge in [-0.3, -0.25) is 9.69 Å². The highest BCUT2D eigenvalue weighted by molar-refractivity contribution is 6.34. The van der Waals surface area contributed by atoms with Gasteiger partial charge < -0.3 is 19.7 Å². The molecule has 0 bridgehead atoms. The number of anilines is 1. The molecule has 7 nitrogen and oxygen atoms in total. The average Bonchev–Trinajstić information content (AvgIpc) is 2.65. The van der Waals surface area contributed by atoms with Gasteiger partial charge in [0.1, 0.15) is 5.56 Å². The van der Waals surface area contributed by atoms with Gasteiger partial charge in [0.25, 0.3) is 0 Å². The summed E-state index contributed by atoms with van der Waals surface area (Å²) in [6, 6.07) is 1.63. The maximum atomic E-state index is 12.7. The van der Waals surface area contributed by atoms with Crippen LogP contribution in [0, 0.1) is 0 Å². The topological polar surface area (TPSA) is 86.0 Å². The van der Waals surface area contributed by atoms with Crippen molar-refractivity contribution in [1.29, 1.82) is 0 Å². The van der Waals surface area contributed by atoms with Crippen LogP contribution in [0.15, 0.2) is 17.1 Å². The number of aliphatic hydroxyl groups is 1. The summed E-state index contributed by atoms with van der Waals surface area (Å²) in [5, 5.41) is 19.4. The molecule has 8 heteroatoms. The second-order valence-corrected chi connectivity index (χ2v) is 7.52. The Morgan fingerprint density at radius 1 is 1.19 bits per heavy atom. The number of carbonyl (C=O) groups is 1. The number of nitrogens with zero attached hydrogens (tertiary/aromatic N) is 3. The molecular formula is C19H22ClN3O4. The van der Waals surface area contributed by atoms with Crippen molar-refractivity contribution in [3.8, 4) is 0 Å². The number of aromatic carboxylic acids is 1. The third-order valence-corrected chi connectivity index (χ3v) is 5.83. The van der Waals surface area contributed by atoms with Crippen LogP contribution in [0.3, 0.4) is 0 Å². The first kappa shape index (κ1) is 18.3. The van der Waals surface area contributed by atoms with Gasteiger partial charge >= 0.3 is 5.97 Å². The number of pyridine rings is 1. The lowest BCUT2D eigenvalue weighted by molar-refractivity contribution is 0.0694. The quantitative estimate of drug-likeness (QED) is 0.819. The van der Waals surface area contributed by atoms with E-state index in [9.17, 15) is 14.7 Å². The number of aromatic nitrogens is 1. The molecule has 2 aromatic rings. The Morgan fingerprint density at radius 2 is 1.93 bits per heavy atom. The highest BCUT2D eigenvalue weighted by Crippen LogP contribution is 2.38. The first-order valence-electron chi connectivity index (χ1n) is 9.21. The molecule has 144 valence electrons. The number of aryl methyl sites for hydroxylation is 2. The molecule has 0 spiro atoms. The Balaban J connectivity index is 1.84. The Bertz CT molecular complexity index is 964. The van der Waals surface area contributed by atoms with Crippen LogP contribution < -0.4 is 10.3 Å². The van der Waals surface area contributed by atoms with Gasteiger partial charge in [-0.25, -0.2) is 4.79 Å². The average molecular weight is 392 g/mol. The number of benzene rings is 1. The molecule has 0 amide bonds. The van der Waals surface area contributed by atoms with E-state index in [4.69, 9.17) is 16.7 Å². The Kier molecular flexibility index (Phi) is 4.84. The van der Waals surface area contributed by atoms with Crippen LogP contribution in [-0.2, 0) is 13.0 Å². The molecule has 2 aliphatic rings. The number of hydrogen-bond donors (Lipinski definition) is 2. The monoisotopic (exact) mass is 391 g/mol. The molecule has 1 aromatic heterocycles. The van der Waals surface area contributed by atoms with Crippen LogP contribution in [0.5, 0.6) is 0 Å². The highest BCUT2D eigenvalue weighted by atomic mass is 35.5. The number of carboxylic acids is 1. The summed E-state index contributed by atoms with van der Waals surface area (Å²) in [4.78, 5) is 28.6. The summed E-state index contributed by atoms with van der Waals surface area (Å²) in [6.45, 7) is 4.81. The Labute approximate surface area is 161 Å². The van der Waals surface area contributed by atoms with E-state index < -0.39 is 11.4 Å². The van der Waals surface area contributed by atoms with E-state index in [1.807, 2.05) is 4.57 Å². The van der Waals surface area contributed by atoms with Gasteiger partial charge in [-0.2, -0.15) is 0 Å². The number of piperazine rings is 1. The first-order valence-corrected chi connectivity index (χ1v) is 9.59. The van der Waals surface area contributed by atoms with Gasteiger partial charge in [-0.1, -0.05) is 11.6 Å². The first-order chi connectivity index (χ1) is 13.0. The zero-order valence-electron chi connectivity index (χ0n) is 14.9. The summed E-state index contributed by atoms with van der Waals surface area (Å²) < 4.78 is 1.89. The lowest BCUT2D eigenvalue weighted by Gasteiger charge is -2.38. The van der Waals surface area contributed by atoms with Crippen LogP contribution in [0.2, 0.25) is 5.02 Å². The zero-order chi connectivity index (χ0) is 19.1. The highest BCUT2D eigenvalue weighted by Gasteiger charge is 2.27. The molecular weight excluding hydrogens is 370 g/mol. The lowest BCUT2D eigenvalue weighted by atomic mass is 9.96. The summed E-state index contributed by atoms with van der Waals surface area (Å²) in [5.41, 5.74) is 2.13. The fourth-order valence-corrected chi connectivity index (χ4v) is 4.62. The summed E-state index contributed by atoms with van der Waals surface area (Å²) in [6.07, 6.45) is 3.16. The molecule has 1 fully saturated rings. The normalized spacial score (nSPS) is 17.5. The van der Waals surface area contributed by atoms with Crippen molar-refractivity contribution in [3.05, 3.63) is 38.6 Å². The fraction of sp³-hybridized carbons (Fsp3) is 0.474. The van der Waals surface area contributed by atoms with Gasteiger partial charge in [0, 0.05) is 56.4 Å². The standard InChI is InChI=1S/C19H22ClN3O4/c20-15-10-13-16-12(17(15)22-6-4-21(5-7-22)8-9-24)2-1-3-23(16)11-14(18(13)25)19(26)27/h10-11,24H,1-9H2,(H,26,27). The number of rotatable bonds is 4. The number of β-amino-alcohol motifs (C(OH)–C–C–N with tert-alkyl or cyclic N) is 1. The van der Waals surface area contributed by atoms with Crippen LogP contribution >= 0.6 is 11.6 Å². The van der Waals surface area contributed by atoms with Crippen molar-refractivity contribution < 1.29 is 15.0 Å². The maximum absolute atomic E-state index is 12.7.